The number of hydrogen-bond acceptors (Lipinski definition) is 5. The highest BCUT2D eigenvalue weighted by Crippen LogP contribution is 2.24. The van der Waals surface area contributed by atoms with Crippen LogP contribution < -0.4 is 0 Å². The van der Waals surface area contributed by atoms with Gasteiger partial charge in [0.2, 0.25) is 5.78 Å². The Morgan fingerprint density at radius 1 is 1.23 bits per heavy atom. The second-order valence-electron chi connectivity index (χ2n) is 5.85. The molecule has 0 amide bonds. The zero-order valence-corrected chi connectivity index (χ0v) is 15.5. The molecule has 26 heavy (non-hydrogen) atoms. The summed E-state index contributed by atoms with van der Waals surface area (Å²) in [5.74, 6) is -1.30. The number of aromatic nitrogens is 1. The summed E-state index contributed by atoms with van der Waals surface area (Å²) in [4.78, 5) is 34.9. The summed E-state index contributed by atoms with van der Waals surface area (Å²) in [6.45, 7) is 6.09. The molecule has 0 bridgehead atoms. The third-order valence-electron chi connectivity index (χ3n) is 4.03. The third kappa shape index (κ3) is 4.11. The number of aryl methyl sites for hydroxylation is 1. The van der Waals surface area contributed by atoms with E-state index in [0.29, 0.717) is 5.56 Å². The van der Waals surface area contributed by atoms with Crippen molar-refractivity contribution in [2.45, 2.75) is 33.7 Å². The van der Waals surface area contributed by atoms with Crippen molar-refractivity contribution in [1.29, 1.82) is 0 Å². The molecule has 0 fully saturated rings. The fourth-order valence-electron chi connectivity index (χ4n) is 2.77. The van der Waals surface area contributed by atoms with Crippen LogP contribution in [-0.4, -0.2) is 27.8 Å². The summed E-state index contributed by atoms with van der Waals surface area (Å²) in [6, 6.07) is 5.38. The highest BCUT2D eigenvalue weighted by Gasteiger charge is 2.23. The SMILES string of the molecule is CCCn1c(C)cc(C(=O)COC(=O)c2ccc(Cl)cc2[N+](=O)[O-])c1C. The number of ketones is 1. The second-order valence-corrected chi connectivity index (χ2v) is 6.29. The van der Waals surface area contributed by atoms with E-state index in [-0.39, 0.29) is 16.4 Å². The Bertz CT molecular complexity index is 873. The Morgan fingerprint density at radius 3 is 2.54 bits per heavy atom. The third-order valence-corrected chi connectivity index (χ3v) is 4.27. The molecule has 0 radical (unpaired) electrons. The molecule has 0 unspecified atom stereocenters. The highest BCUT2D eigenvalue weighted by atomic mass is 35.5. The Kier molecular flexibility index (Phi) is 6.15. The Balaban J connectivity index is 2.14. The smallest absolute Gasteiger partial charge is 0.345 e. The molecule has 0 aliphatic rings. The molecule has 0 atom stereocenters. The zero-order valence-electron chi connectivity index (χ0n) is 14.7. The van der Waals surface area contributed by atoms with Crippen molar-refractivity contribution in [3.63, 3.8) is 0 Å². The number of carbonyl (C=O) groups is 2. The van der Waals surface area contributed by atoms with E-state index in [4.69, 9.17) is 16.3 Å². The maximum Gasteiger partial charge on any atom is 0.345 e. The van der Waals surface area contributed by atoms with Crippen LogP contribution in [0.4, 0.5) is 5.69 Å². The van der Waals surface area contributed by atoms with Crippen molar-refractivity contribution < 1.29 is 19.2 Å². The first-order valence-electron chi connectivity index (χ1n) is 8.07. The van der Waals surface area contributed by atoms with Gasteiger partial charge in [-0.2, -0.15) is 0 Å². The lowest BCUT2D eigenvalue weighted by atomic mass is 10.1. The van der Waals surface area contributed by atoms with Gasteiger partial charge in [0.25, 0.3) is 5.69 Å². The van der Waals surface area contributed by atoms with Crippen LogP contribution in [0, 0.1) is 24.0 Å². The number of carbonyl (C=O) groups excluding carboxylic acids is 2. The molecule has 1 heterocycles. The van der Waals surface area contributed by atoms with Crippen LogP contribution in [0.1, 0.15) is 45.4 Å². The molecule has 0 N–H and O–H groups in total. The minimum Gasteiger partial charge on any atom is -0.454 e. The molecular weight excluding hydrogens is 360 g/mol. The lowest BCUT2D eigenvalue weighted by Crippen LogP contribution is -2.16. The van der Waals surface area contributed by atoms with Gasteiger partial charge >= 0.3 is 5.97 Å². The number of nitrogens with zero attached hydrogens (tertiary/aromatic N) is 2. The predicted molar refractivity (Wildman–Crippen MR) is 96.9 cm³/mol. The van der Waals surface area contributed by atoms with E-state index in [9.17, 15) is 19.7 Å². The van der Waals surface area contributed by atoms with Gasteiger partial charge in [0.1, 0.15) is 5.56 Å². The van der Waals surface area contributed by atoms with E-state index < -0.39 is 23.2 Å². The number of nitro groups is 1. The minimum atomic E-state index is -0.941. The molecule has 1 aromatic carbocycles. The van der Waals surface area contributed by atoms with E-state index in [2.05, 4.69) is 0 Å². The largest absolute Gasteiger partial charge is 0.454 e. The van der Waals surface area contributed by atoms with E-state index >= 15 is 0 Å². The number of hydrogen-bond donors (Lipinski definition) is 0. The topological polar surface area (TPSA) is 91.4 Å². The van der Waals surface area contributed by atoms with Gasteiger partial charge in [-0.15, -0.1) is 0 Å². The molecule has 0 aliphatic heterocycles. The standard InChI is InChI=1S/C18H19ClN2O5/c1-4-7-20-11(2)8-15(12(20)3)17(22)10-26-18(23)14-6-5-13(19)9-16(14)21(24)25/h5-6,8-9H,4,7,10H2,1-3H3. The van der Waals surface area contributed by atoms with Crippen LogP contribution >= 0.6 is 11.6 Å². The van der Waals surface area contributed by atoms with Crippen LogP contribution in [0.15, 0.2) is 24.3 Å². The fourth-order valence-corrected chi connectivity index (χ4v) is 2.93. The molecule has 8 heteroatoms. The summed E-state index contributed by atoms with van der Waals surface area (Å²) < 4.78 is 7.02. The molecule has 0 aliphatic carbocycles. The lowest BCUT2D eigenvalue weighted by Gasteiger charge is -2.08. The molecule has 0 spiro atoms. The Hall–Kier alpha value is -2.67. The molecule has 1 aromatic heterocycles. The van der Waals surface area contributed by atoms with Crippen molar-refractivity contribution in [2.24, 2.45) is 0 Å². The van der Waals surface area contributed by atoms with E-state index in [1.807, 2.05) is 25.3 Å². The number of benzene rings is 1. The van der Waals surface area contributed by atoms with Crippen LogP contribution in [0.25, 0.3) is 0 Å². The van der Waals surface area contributed by atoms with Gasteiger partial charge in [-0.25, -0.2) is 4.79 Å². The van der Waals surface area contributed by atoms with Crippen LogP contribution in [-0.2, 0) is 11.3 Å². The van der Waals surface area contributed by atoms with Crippen molar-refractivity contribution in [1.82, 2.24) is 4.57 Å². The predicted octanol–water partition coefficient (Wildman–Crippen LogP) is 4.12. The van der Waals surface area contributed by atoms with Crippen LogP contribution in [0.2, 0.25) is 5.02 Å². The van der Waals surface area contributed by atoms with Crippen LogP contribution in [0.5, 0.6) is 0 Å². The highest BCUT2D eigenvalue weighted by molar-refractivity contribution is 6.31. The molecule has 2 rings (SSSR count). The summed E-state index contributed by atoms with van der Waals surface area (Å²) in [7, 11) is 0. The molecular formula is C18H19ClN2O5. The first-order valence-corrected chi connectivity index (χ1v) is 8.45. The molecule has 7 nitrogen and oxygen atoms in total. The number of esters is 1. The zero-order chi connectivity index (χ0) is 19.4. The normalized spacial score (nSPS) is 10.6. The Morgan fingerprint density at radius 2 is 1.92 bits per heavy atom. The lowest BCUT2D eigenvalue weighted by molar-refractivity contribution is -0.385. The van der Waals surface area contributed by atoms with Gasteiger partial charge in [0.15, 0.2) is 6.61 Å². The van der Waals surface area contributed by atoms with Gasteiger partial charge in [0, 0.05) is 34.6 Å². The summed E-state index contributed by atoms with van der Waals surface area (Å²) in [5.41, 5.74) is 1.53. The van der Waals surface area contributed by atoms with Crippen LogP contribution in [0.3, 0.4) is 0 Å². The van der Waals surface area contributed by atoms with Crippen molar-refractivity contribution in [3.05, 3.63) is 61.9 Å². The second kappa shape index (κ2) is 8.14. The van der Waals surface area contributed by atoms with Crippen molar-refractivity contribution >= 4 is 29.0 Å². The van der Waals surface area contributed by atoms with Gasteiger partial charge < -0.3 is 9.30 Å². The number of nitro benzene ring substituents is 1. The van der Waals surface area contributed by atoms with Crippen molar-refractivity contribution in [2.75, 3.05) is 6.61 Å². The quantitative estimate of drug-likeness (QED) is 0.313. The van der Waals surface area contributed by atoms with Gasteiger partial charge in [0.05, 0.1) is 4.92 Å². The fraction of sp³-hybridized carbons (Fsp3) is 0.333. The van der Waals surface area contributed by atoms with E-state index in [1.165, 1.54) is 12.1 Å². The maximum atomic E-state index is 12.4. The summed E-state index contributed by atoms with van der Waals surface area (Å²) >= 11 is 5.72. The average molecular weight is 379 g/mol. The van der Waals surface area contributed by atoms with Crippen molar-refractivity contribution in [3.8, 4) is 0 Å². The first kappa shape index (κ1) is 19.7. The summed E-state index contributed by atoms with van der Waals surface area (Å²) in [5, 5.41) is 11.2. The number of rotatable bonds is 7. The average Bonchev–Trinajstić information content (AvgIpc) is 2.87. The molecule has 138 valence electrons. The van der Waals surface area contributed by atoms with Gasteiger partial charge in [-0.3, -0.25) is 14.9 Å². The van der Waals surface area contributed by atoms with Gasteiger partial charge in [-0.1, -0.05) is 18.5 Å². The van der Waals surface area contributed by atoms with Gasteiger partial charge in [-0.05, 0) is 38.5 Å². The van der Waals surface area contributed by atoms with E-state index in [1.54, 1.807) is 6.07 Å². The first-order chi connectivity index (χ1) is 12.3. The number of ether oxygens (including phenoxy) is 1. The molecule has 0 saturated heterocycles. The number of Topliss-reactive ketones (excluding diaryl/α,β-unsaturated/α-hetero) is 1. The minimum absolute atomic E-state index is 0.132. The summed E-state index contributed by atoms with van der Waals surface area (Å²) in [6.07, 6.45) is 0.930. The maximum absolute atomic E-state index is 12.4. The molecule has 2 aromatic rings. The number of halogens is 1. The molecule has 0 saturated carbocycles. The van der Waals surface area contributed by atoms with E-state index in [0.717, 1.165) is 30.4 Å². The monoisotopic (exact) mass is 378 g/mol. The Labute approximate surface area is 155 Å².